The third-order valence-corrected chi connectivity index (χ3v) is 3.18. The minimum Gasteiger partial charge on any atom is -0.496 e. The third kappa shape index (κ3) is 4.68. The zero-order valence-corrected chi connectivity index (χ0v) is 12.6. The first-order valence-corrected chi connectivity index (χ1v) is 6.73. The Hall–Kier alpha value is -1.84. The predicted molar refractivity (Wildman–Crippen MR) is 77.0 cm³/mol. The van der Waals surface area contributed by atoms with Gasteiger partial charge in [0, 0.05) is 6.42 Å². The minimum absolute atomic E-state index is 0.108. The molecule has 0 aliphatic heterocycles. The van der Waals surface area contributed by atoms with E-state index >= 15 is 0 Å². The van der Waals surface area contributed by atoms with Crippen molar-refractivity contribution in [2.45, 2.75) is 39.0 Å². The number of hydrogen-bond acceptors (Lipinski definition) is 4. The minimum atomic E-state index is -0.484. The van der Waals surface area contributed by atoms with Crippen LogP contribution >= 0.6 is 0 Å². The molecule has 0 N–H and O–H groups in total. The van der Waals surface area contributed by atoms with E-state index in [2.05, 4.69) is 18.6 Å². The van der Waals surface area contributed by atoms with Crippen LogP contribution < -0.4 is 4.74 Å². The van der Waals surface area contributed by atoms with Gasteiger partial charge in [-0.15, -0.1) is 0 Å². The summed E-state index contributed by atoms with van der Waals surface area (Å²) in [6.07, 6.45) is 0.779. The third-order valence-electron chi connectivity index (χ3n) is 3.18. The first-order valence-electron chi connectivity index (χ1n) is 6.73. The van der Waals surface area contributed by atoms with E-state index in [1.54, 1.807) is 7.11 Å². The Bertz CT molecular complexity index is 477. The average molecular weight is 278 g/mol. The van der Waals surface area contributed by atoms with Crippen LogP contribution in [0.4, 0.5) is 0 Å². The Morgan fingerprint density at radius 1 is 1.20 bits per heavy atom. The maximum atomic E-state index is 11.6. The van der Waals surface area contributed by atoms with Gasteiger partial charge in [0.15, 0.2) is 0 Å². The quantitative estimate of drug-likeness (QED) is 0.568. The average Bonchev–Trinajstić information content (AvgIpc) is 2.44. The number of carbonyl (C=O) groups excluding carboxylic acids is 2. The molecule has 0 bridgehead atoms. The van der Waals surface area contributed by atoms with Crippen molar-refractivity contribution in [1.29, 1.82) is 0 Å². The molecule has 0 radical (unpaired) electrons. The van der Waals surface area contributed by atoms with Crippen molar-refractivity contribution in [3.8, 4) is 5.75 Å². The van der Waals surface area contributed by atoms with E-state index in [0.29, 0.717) is 18.8 Å². The van der Waals surface area contributed by atoms with Crippen molar-refractivity contribution < 1.29 is 19.1 Å². The van der Waals surface area contributed by atoms with Gasteiger partial charge in [-0.25, -0.2) is 0 Å². The zero-order chi connectivity index (χ0) is 15.1. The highest BCUT2D eigenvalue weighted by Crippen LogP contribution is 2.27. The summed E-state index contributed by atoms with van der Waals surface area (Å²) in [6, 6.07) is 5.99. The highest BCUT2D eigenvalue weighted by molar-refractivity contribution is 5.95. The lowest BCUT2D eigenvalue weighted by atomic mass is 9.98. The number of Topliss-reactive ketones (excluding diaryl/α,β-unsaturated/α-hetero) is 1. The van der Waals surface area contributed by atoms with Crippen LogP contribution in [0.25, 0.3) is 0 Å². The summed E-state index contributed by atoms with van der Waals surface area (Å²) >= 11 is 0. The number of benzene rings is 1. The van der Waals surface area contributed by atoms with Crippen molar-refractivity contribution in [2.24, 2.45) is 0 Å². The fourth-order valence-electron chi connectivity index (χ4n) is 1.99. The van der Waals surface area contributed by atoms with Crippen LogP contribution in [0.3, 0.4) is 0 Å². The van der Waals surface area contributed by atoms with Crippen LogP contribution in [0.5, 0.6) is 5.75 Å². The number of carbonyl (C=O) groups is 2. The zero-order valence-electron chi connectivity index (χ0n) is 12.6. The first-order chi connectivity index (χ1) is 9.47. The molecular weight excluding hydrogens is 256 g/mol. The number of aryl methyl sites for hydroxylation is 1. The van der Waals surface area contributed by atoms with Gasteiger partial charge < -0.3 is 9.47 Å². The lowest BCUT2D eigenvalue weighted by Gasteiger charge is -2.13. The second kappa shape index (κ2) is 7.68. The first kappa shape index (κ1) is 16.2. The molecule has 0 aliphatic carbocycles. The largest absolute Gasteiger partial charge is 0.496 e. The van der Waals surface area contributed by atoms with E-state index < -0.39 is 5.97 Å². The summed E-state index contributed by atoms with van der Waals surface area (Å²) in [5.74, 6) is 0.643. The van der Waals surface area contributed by atoms with Crippen molar-refractivity contribution in [3.05, 3.63) is 29.3 Å². The molecule has 0 fully saturated rings. The molecule has 1 aromatic rings. The van der Waals surface area contributed by atoms with Gasteiger partial charge in [-0.3, -0.25) is 9.59 Å². The van der Waals surface area contributed by atoms with E-state index in [1.807, 2.05) is 18.2 Å². The van der Waals surface area contributed by atoms with Crippen molar-refractivity contribution in [1.82, 2.24) is 0 Å². The van der Waals surface area contributed by atoms with Gasteiger partial charge in [0.1, 0.15) is 18.0 Å². The molecule has 4 heteroatoms. The number of ketones is 1. The lowest BCUT2D eigenvalue weighted by molar-refractivity contribution is -0.143. The molecular formula is C16H22O4. The fourth-order valence-corrected chi connectivity index (χ4v) is 1.99. The van der Waals surface area contributed by atoms with Crippen molar-refractivity contribution in [3.63, 3.8) is 0 Å². The second-order valence-electron chi connectivity index (χ2n) is 5.02. The van der Waals surface area contributed by atoms with E-state index in [-0.39, 0.29) is 12.2 Å². The highest BCUT2D eigenvalue weighted by atomic mass is 16.5. The van der Waals surface area contributed by atoms with E-state index in [1.165, 1.54) is 7.11 Å². The van der Waals surface area contributed by atoms with Crippen LogP contribution in [-0.2, 0) is 20.7 Å². The van der Waals surface area contributed by atoms with Crippen molar-refractivity contribution >= 4 is 11.8 Å². The molecule has 1 rings (SSSR count). The molecule has 1 aromatic carbocycles. The Morgan fingerprint density at radius 3 is 2.45 bits per heavy atom. The molecule has 0 aliphatic rings. The van der Waals surface area contributed by atoms with Gasteiger partial charge in [-0.05, 0) is 29.5 Å². The number of esters is 1. The molecule has 0 aromatic heterocycles. The lowest BCUT2D eigenvalue weighted by Crippen LogP contribution is -2.10. The van der Waals surface area contributed by atoms with Gasteiger partial charge >= 0.3 is 5.97 Å². The van der Waals surface area contributed by atoms with Gasteiger partial charge in [-0.1, -0.05) is 26.0 Å². The van der Waals surface area contributed by atoms with Crippen LogP contribution in [0.1, 0.15) is 43.7 Å². The topological polar surface area (TPSA) is 52.6 Å². The van der Waals surface area contributed by atoms with Gasteiger partial charge in [-0.2, -0.15) is 0 Å². The SMILES string of the molecule is COC(=O)CC(=O)CCc1ccc(C(C)C)c(OC)c1. The van der Waals surface area contributed by atoms with Gasteiger partial charge in [0.05, 0.1) is 14.2 Å². The molecule has 110 valence electrons. The van der Waals surface area contributed by atoms with E-state index in [0.717, 1.165) is 16.9 Å². The molecule has 0 amide bonds. The summed E-state index contributed by atoms with van der Waals surface area (Å²) in [5, 5.41) is 0. The summed E-state index contributed by atoms with van der Waals surface area (Å²) in [7, 11) is 2.93. The molecule has 0 unspecified atom stereocenters. The normalized spacial score (nSPS) is 10.4. The summed E-state index contributed by atoms with van der Waals surface area (Å²) in [5.41, 5.74) is 2.18. The Balaban J connectivity index is 2.65. The number of hydrogen-bond donors (Lipinski definition) is 0. The van der Waals surface area contributed by atoms with Crippen LogP contribution in [0.15, 0.2) is 18.2 Å². The van der Waals surface area contributed by atoms with E-state index in [9.17, 15) is 9.59 Å². The highest BCUT2D eigenvalue weighted by Gasteiger charge is 2.11. The molecule has 0 heterocycles. The Morgan fingerprint density at radius 2 is 1.90 bits per heavy atom. The molecule has 0 atom stereocenters. The Labute approximate surface area is 120 Å². The smallest absolute Gasteiger partial charge is 0.313 e. The van der Waals surface area contributed by atoms with E-state index in [4.69, 9.17) is 4.74 Å². The summed E-state index contributed by atoms with van der Waals surface area (Å²) in [6.45, 7) is 4.22. The number of ether oxygens (including phenoxy) is 2. The molecule has 4 nitrogen and oxygen atoms in total. The predicted octanol–water partition coefficient (Wildman–Crippen LogP) is 2.88. The number of methoxy groups -OCH3 is 2. The molecule has 0 spiro atoms. The molecule has 0 saturated heterocycles. The standard InChI is InChI=1S/C16H22O4/c1-11(2)14-8-6-12(9-15(14)19-3)5-7-13(17)10-16(18)20-4/h6,8-9,11H,5,7,10H2,1-4H3. The maximum Gasteiger partial charge on any atom is 0.313 e. The van der Waals surface area contributed by atoms with Crippen LogP contribution in [0, 0.1) is 0 Å². The molecule has 0 saturated carbocycles. The van der Waals surface area contributed by atoms with Crippen molar-refractivity contribution in [2.75, 3.05) is 14.2 Å². The maximum absolute atomic E-state index is 11.6. The second-order valence-corrected chi connectivity index (χ2v) is 5.02. The fraction of sp³-hybridized carbons (Fsp3) is 0.500. The Kier molecular flexibility index (Phi) is 6.22. The van der Waals surface area contributed by atoms with Gasteiger partial charge in [0.25, 0.3) is 0 Å². The van der Waals surface area contributed by atoms with Crippen LogP contribution in [0.2, 0.25) is 0 Å². The number of rotatable bonds is 7. The van der Waals surface area contributed by atoms with Crippen LogP contribution in [-0.4, -0.2) is 26.0 Å². The van der Waals surface area contributed by atoms with Gasteiger partial charge in [0.2, 0.25) is 0 Å². The molecule has 20 heavy (non-hydrogen) atoms. The summed E-state index contributed by atoms with van der Waals surface area (Å²) in [4.78, 5) is 22.6. The monoisotopic (exact) mass is 278 g/mol. The summed E-state index contributed by atoms with van der Waals surface area (Å²) < 4.78 is 9.85.